The maximum Gasteiger partial charge on any atom is 0.138 e. The number of carbonyl (C=O) groups excluding carboxylic acids is 1. The van der Waals surface area contributed by atoms with E-state index >= 15 is 0 Å². The SMILES string of the molecule is COc1ccc(-c2ccnc3sc4c(c23)CCC(=O)C4)cc1. The molecule has 0 saturated heterocycles. The van der Waals surface area contributed by atoms with Crippen molar-refractivity contribution in [2.75, 3.05) is 7.11 Å². The Labute approximate surface area is 132 Å². The van der Waals surface area contributed by atoms with Crippen LogP contribution in [0.25, 0.3) is 21.3 Å². The fraction of sp³-hybridized carbons (Fsp3) is 0.222. The number of hydrogen-bond donors (Lipinski definition) is 0. The quantitative estimate of drug-likeness (QED) is 0.717. The Morgan fingerprint density at radius 2 is 1.95 bits per heavy atom. The molecular weight excluding hydrogens is 294 g/mol. The van der Waals surface area contributed by atoms with Gasteiger partial charge >= 0.3 is 0 Å². The Hall–Kier alpha value is -2.20. The minimum atomic E-state index is 0.338. The third-order valence-corrected chi connectivity index (χ3v) is 5.33. The number of fused-ring (bicyclic) bond motifs is 3. The van der Waals surface area contributed by atoms with Crippen molar-refractivity contribution in [2.24, 2.45) is 0 Å². The molecule has 22 heavy (non-hydrogen) atoms. The highest BCUT2D eigenvalue weighted by Gasteiger charge is 2.23. The summed E-state index contributed by atoms with van der Waals surface area (Å²) in [6, 6.07) is 10.2. The van der Waals surface area contributed by atoms with Crippen LogP contribution in [0.2, 0.25) is 0 Å². The van der Waals surface area contributed by atoms with Gasteiger partial charge in [-0.1, -0.05) is 12.1 Å². The Kier molecular flexibility index (Phi) is 3.19. The van der Waals surface area contributed by atoms with Gasteiger partial charge < -0.3 is 4.74 Å². The molecule has 0 N–H and O–H groups in total. The van der Waals surface area contributed by atoms with Crippen LogP contribution in [0, 0.1) is 0 Å². The Morgan fingerprint density at radius 3 is 2.73 bits per heavy atom. The molecule has 0 atom stereocenters. The summed E-state index contributed by atoms with van der Waals surface area (Å²) < 4.78 is 5.23. The van der Waals surface area contributed by atoms with Gasteiger partial charge in [-0.2, -0.15) is 0 Å². The molecule has 1 aromatic carbocycles. The molecule has 0 saturated carbocycles. The van der Waals surface area contributed by atoms with Gasteiger partial charge in [-0.3, -0.25) is 4.79 Å². The first-order valence-corrected chi connectivity index (χ1v) is 8.13. The van der Waals surface area contributed by atoms with E-state index in [1.165, 1.54) is 21.4 Å². The molecule has 2 heterocycles. The first-order valence-electron chi connectivity index (χ1n) is 7.31. The number of pyridine rings is 1. The number of Topliss-reactive ketones (excluding diaryl/α,β-unsaturated/α-hetero) is 1. The van der Waals surface area contributed by atoms with Crippen molar-refractivity contribution in [2.45, 2.75) is 19.3 Å². The number of rotatable bonds is 2. The maximum atomic E-state index is 11.7. The molecule has 3 nitrogen and oxygen atoms in total. The van der Waals surface area contributed by atoms with Crippen LogP contribution in [-0.2, 0) is 17.6 Å². The van der Waals surface area contributed by atoms with E-state index in [-0.39, 0.29) is 0 Å². The van der Waals surface area contributed by atoms with Gasteiger partial charge in [-0.15, -0.1) is 11.3 Å². The summed E-state index contributed by atoms with van der Waals surface area (Å²) in [7, 11) is 1.67. The zero-order valence-electron chi connectivity index (χ0n) is 12.3. The molecule has 4 heteroatoms. The van der Waals surface area contributed by atoms with Crippen LogP contribution in [0.15, 0.2) is 36.5 Å². The minimum Gasteiger partial charge on any atom is -0.497 e. The third-order valence-electron chi connectivity index (χ3n) is 4.19. The zero-order valence-corrected chi connectivity index (χ0v) is 13.1. The highest BCUT2D eigenvalue weighted by atomic mass is 32.1. The van der Waals surface area contributed by atoms with Crippen LogP contribution in [0.4, 0.5) is 0 Å². The monoisotopic (exact) mass is 309 g/mol. The van der Waals surface area contributed by atoms with E-state index in [1.54, 1.807) is 18.4 Å². The predicted octanol–water partition coefficient (Wildman–Crippen LogP) is 4.03. The first kappa shape index (κ1) is 13.5. The van der Waals surface area contributed by atoms with Crippen LogP contribution in [0.3, 0.4) is 0 Å². The lowest BCUT2D eigenvalue weighted by Gasteiger charge is -2.12. The van der Waals surface area contributed by atoms with E-state index in [4.69, 9.17) is 4.74 Å². The summed E-state index contributed by atoms with van der Waals surface area (Å²) in [4.78, 5) is 18.4. The Morgan fingerprint density at radius 1 is 1.14 bits per heavy atom. The molecule has 0 unspecified atom stereocenters. The van der Waals surface area contributed by atoms with Gasteiger partial charge in [-0.25, -0.2) is 4.98 Å². The average molecular weight is 309 g/mol. The number of ketones is 1. The number of thiophene rings is 1. The van der Waals surface area contributed by atoms with Crippen molar-refractivity contribution in [3.8, 4) is 16.9 Å². The van der Waals surface area contributed by atoms with Gasteiger partial charge in [0.15, 0.2) is 0 Å². The molecule has 2 aromatic heterocycles. The van der Waals surface area contributed by atoms with Gasteiger partial charge in [0.05, 0.1) is 7.11 Å². The van der Waals surface area contributed by atoms with Gasteiger partial charge in [0.25, 0.3) is 0 Å². The number of methoxy groups -OCH3 is 1. The smallest absolute Gasteiger partial charge is 0.138 e. The number of benzene rings is 1. The summed E-state index contributed by atoms with van der Waals surface area (Å²) in [5.74, 6) is 1.19. The van der Waals surface area contributed by atoms with E-state index in [0.29, 0.717) is 18.6 Å². The topological polar surface area (TPSA) is 39.2 Å². The van der Waals surface area contributed by atoms with Crippen LogP contribution < -0.4 is 4.74 Å². The zero-order chi connectivity index (χ0) is 15.1. The highest BCUT2D eigenvalue weighted by Crippen LogP contribution is 2.40. The molecule has 0 spiro atoms. The van der Waals surface area contributed by atoms with Crippen molar-refractivity contribution in [3.63, 3.8) is 0 Å². The van der Waals surface area contributed by atoms with Crippen LogP contribution >= 0.6 is 11.3 Å². The normalized spacial score (nSPS) is 14.1. The Bertz CT molecular complexity index is 865. The summed E-state index contributed by atoms with van der Waals surface area (Å²) in [5.41, 5.74) is 3.67. The molecule has 110 valence electrons. The predicted molar refractivity (Wildman–Crippen MR) is 88.6 cm³/mol. The van der Waals surface area contributed by atoms with Crippen molar-refractivity contribution in [1.82, 2.24) is 4.98 Å². The summed E-state index contributed by atoms with van der Waals surface area (Å²) in [6.45, 7) is 0. The van der Waals surface area contributed by atoms with Crippen molar-refractivity contribution in [3.05, 3.63) is 47.0 Å². The lowest BCUT2D eigenvalue weighted by Crippen LogP contribution is -2.10. The number of aryl methyl sites for hydroxylation is 1. The molecule has 0 amide bonds. The van der Waals surface area contributed by atoms with E-state index in [9.17, 15) is 4.79 Å². The second-order valence-corrected chi connectivity index (χ2v) is 6.57. The van der Waals surface area contributed by atoms with Crippen molar-refractivity contribution >= 4 is 27.3 Å². The lowest BCUT2D eigenvalue weighted by atomic mass is 9.92. The largest absolute Gasteiger partial charge is 0.497 e. The summed E-state index contributed by atoms with van der Waals surface area (Å²) in [6.07, 6.45) is 3.91. The van der Waals surface area contributed by atoms with Gasteiger partial charge in [0.1, 0.15) is 16.4 Å². The van der Waals surface area contributed by atoms with Crippen molar-refractivity contribution < 1.29 is 9.53 Å². The molecule has 0 bridgehead atoms. The average Bonchev–Trinajstić information content (AvgIpc) is 2.92. The standard InChI is InChI=1S/C18H15NO2S/c1-21-13-5-2-11(3-6-13)14-8-9-19-18-17(14)15-7-4-12(20)10-16(15)22-18/h2-3,5-6,8-9H,4,7,10H2,1H3. The second-order valence-electron chi connectivity index (χ2n) is 5.49. The van der Waals surface area contributed by atoms with E-state index < -0.39 is 0 Å². The number of carbonyl (C=O) groups is 1. The number of ether oxygens (including phenoxy) is 1. The number of hydrogen-bond acceptors (Lipinski definition) is 4. The minimum absolute atomic E-state index is 0.338. The molecule has 0 radical (unpaired) electrons. The summed E-state index contributed by atoms with van der Waals surface area (Å²) in [5, 5.41) is 1.22. The van der Waals surface area contributed by atoms with Gasteiger partial charge in [0, 0.05) is 29.3 Å². The van der Waals surface area contributed by atoms with E-state index in [0.717, 1.165) is 22.6 Å². The first-order chi connectivity index (χ1) is 10.8. The van der Waals surface area contributed by atoms with E-state index in [2.05, 4.69) is 23.2 Å². The third kappa shape index (κ3) is 2.11. The molecule has 0 aliphatic heterocycles. The maximum absolute atomic E-state index is 11.7. The van der Waals surface area contributed by atoms with Gasteiger partial charge in [-0.05, 0) is 41.3 Å². The molecule has 1 aliphatic carbocycles. The molecule has 1 aliphatic rings. The lowest BCUT2D eigenvalue weighted by molar-refractivity contribution is -0.118. The second kappa shape index (κ2) is 5.21. The van der Waals surface area contributed by atoms with Crippen LogP contribution in [0.1, 0.15) is 16.9 Å². The summed E-state index contributed by atoms with van der Waals surface area (Å²) >= 11 is 1.66. The van der Waals surface area contributed by atoms with E-state index in [1.807, 2.05) is 18.3 Å². The fourth-order valence-electron chi connectivity index (χ4n) is 3.08. The molecule has 0 fully saturated rings. The molecule has 3 aromatic rings. The highest BCUT2D eigenvalue weighted by molar-refractivity contribution is 7.19. The fourth-order valence-corrected chi connectivity index (χ4v) is 4.32. The number of nitrogens with zero attached hydrogens (tertiary/aromatic N) is 1. The van der Waals surface area contributed by atoms with Crippen LogP contribution in [0.5, 0.6) is 5.75 Å². The van der Waals surface area contributed by atoms with Crippen molar-refractivity contribution in [1.29, 1.82) is 0 Å². The van der Waals surface area contributed by atoms with Gasteiger partial charge in [0.2, 0.25) is 0 Å². The molecule has 4 rings (SSSR count). The number of aromatic nitrogens is 1. The Balaban J connectivity index is 1.92. The van der Waals surface area contributed by atoms with Crippen LogP contribution in [-0.4, -0.2) is 17.9 Å². The molecular formula is C18H15NO2S.